The third-order valence-electron chi connectivity index (χ3n) is 8.79. The highest BCUT2D eigenvalue weighted by Gasteiger charge is 2.47. The molecule has 1 aliphatic heterocycles. The Morgan fingerprint density at radius 3 is 1.98 bits per heavy atom. The molecule has 3 atom stereocenters. The summed E-state index contributed by atoms with van der Waals surface area (Å²) >= 11 is 0. The number of rotatable bonds is 10. The highest BCUT2D eigenvalue weighted by atomic mass is 28.4. The van der Waals surface area contributed by atoms with Crippen molar-refractivity contribution in [3.8, 4) is 0 Å². The topological polar surface area (TPSA) is 124 Å². The quantitative estimate of drug-likeness (QED) is 0.246. The van der Waals surface area contributed by atoms with Crippen molar-refractivity contribution in [2.45, 2.75) is 144 Å². The maximum absolute atomic E-state index is 13.7. The molecule has 0 radical (unpaired) electrons. The standard InChI is InChI=1S/C30H54N2O9Si2/c1-20(33)37-17-21-16-31(27(36)32(25(21)34)19-38-26(35)28(2,3)4)24-15-22(41-43(13,14)30(8,9)10)23(40-24)18-39-42(11,12)29(5,6)7/h16,22-24H,15,17-19H2,1-14H3/t22-,23+,24+/m0/s1. The Bertz CT molecular complexity index is 1280. The monoisotopic (exact) mass is 642 g/mol. The van der Waals surface area contributed by atoms with Gasteiger partial charge < -0.3 is 23.1 Å². The molecule has 246 valence electrons. The smallest absolute Gasteiger partial charge is 0.335 e. The van der Waals surface area contributed by atoms with Gasteiger partial charge in [-0.1, -0.05) is 41.5 Å². The van der Waals surface area contributed by atoms with Crippen LogP contribution in [0.2, 0.25) is 36.3 Å². The molecule has 1 fully saturated rings. The van der Waals surface area contributed by atoms with Crippen molar-refractivity contribution in [2.24, 2.45) is 5.41 Å². The minimum atomic E-state index is -2.25. The van der Waals surface area contributed by atoms with Crippen molar-refractivity contribution in [1.29, 1.82) is 0 Å². The molecule has 2 heterocycles. The van der Waals surface area contributed by atoms with E-state index in [0.29, 0.717) is 13.0 Å². The Morgan fingerprint density at radius 2 is 1.49 bits per heavy atom. The summed E-state index contributed by atoms with van der Waals surface area (Å²) in [5.41, 5.74) is -2.21. The summed E-state index contributed by atoms with van der Waals surface area (Å²) in [4.78, 5) is 51.0. The second-order valence-corrected chi connectivity index (χ2v) is 25.1. The second kappa shape index (κ2) is 13.1. The molecule has 1 aromatic rings. The van der Waals surface area contributed by atoms with Crippen LogP contribution < -0.4 is 11.2 Å². The fourth-order valence-electron chi connectivity index (χ4n) is 3.82. The number of hydrogen-bond acceptors (Lipinski definition) is 9. The fourth-order valence-corrected chi connectivity index (χ4v) is 6.20. The van der Waals surface area contributed by atoms with Gasteiger partial charge in [-0.3, -0.25) is 19.0 Å². The summed E-state index contributed by atoms with van der Waals surface area (Å²) in [6.07, 6.45) is 0.0810. The molecule has 0 spiro atoms. The van der Waals surface area contributed by atoms with Gasteiger partial charge in [-0.05, 0) is 57.0 Å². The number of nitrogens with zero attached hydrogens (tertiary/aromatic N) is 2. The number of carbonyl (C=O) groups is 2. The predicted octanol–water partition coefficient (Wildman–Crippen LogP) is 5.32. The van der Waals surface area contributed by atoms with Crippen molar-refractivity contribution < 1.29 is 32.7 Å². The average Bonchev–Trinajstić information content (AvgIpc) is 3.21. The highest BCUT2D eigenvalue weighted by Crippen LogP contribution is 2.42. The molecular formula is C30H54N2O9Si2. The maximum Gasteiger partial charge on any atom is 0.335 e. The molecule has 0 bridgehead atoms. The maximum atomic E-state index is 13.7. The summed E-state index contributed by atoms with van der Waals surface area (Å²) in [6, 6.07) is 0. The lowest BCUT2D eigenvalue weighted by Crippen LogP contribution is -2.48. The Labute approximate surface area is 258 Å². The van der Waals surface area contributed by atoms with Crippen LogP contribution in [0.15, 0.2) is 15.8 Å². The van der Waals surface area contributed by atoms with E-state index >= 15 is 0 Å². The van der Waals surface area contributed by atoms with E-state index in [1.165, 1.54) is 17.7 Å². The van der Waals surface area contributed by atoms with E-state index in [1.54, 1.807) is 20.8 Å². The lowest BCUT2D eigenvalue weighted by molar-refractivity contribution is -0.157. The van der Waals surface area contributed by atoms with Crippen LogP contribution in [0.5, 0.6) is 0 Å². The zero-order valence-corrected chi connectivity index (χ0v) is 30.7. The number of aromatic nitrogens is 2. The first kappa shape index (κ1) is 37.1. The van der Waals surface area contributed by atoms with Crippen molar-refractivity contribution in [2.75, 3.05) is 6.61 Å². The lowest BCUT2D eigenvalue weighted by Gasteiger charge is -2.40. The average molecular weight is 643 g/mol. The summed E-state index contributed by atoms with van der Waals surface area (Å²) < 4.78 is 32.4. The van der Waals surface area contributed by atoms with Gasteiger partial charge in [0.25, 0.3) is 5.56 Å². The van der Waals surface area contributed by atoms with Gasteiger partial charge in [0.15, 0.2) is 23.4 Å². The van der Waals surface area contributed by atoms with Gasteiger partial charge in [-0.2, -0.15) is 0 Å². The Balaban J connectivity index is 2.56. The molecule has 1 aromatic heterocycles. The summed E-state index contributed by atoms with van der Waals surface area (Å²) in [7, 11) is -4.38. The second-order valence-electron chi connectivity index (χ2n) is 15.5. The zero-order valence-electron chi connectivity index (χ0n) is 28.7. The normalized spacial score (nSPS) is 20.3. The molecular weight excluding hydrogens is 589 g/mol. The first-order chi connectivity index (χ1) is 19.3. The molecule has 0 unspecified atom stereocenters. The highest BCUT2D eigenvalue weighted by molar-refractivity contribution is 6.74. The molecule has 0 aliphatic carbocycles. The van der Waals surface area contributed by atoms with E-state index in [4.69, 9.17) is 23.1 Å². The van der Waals surface area contributed by atoms with Gasteiger partial charge in [0, 0.05) is 19.5 Å². The van der Waals surface area contributed by atoms with Crippen molar-refractivity contribution in [3.05, 3.63) is 32.6 Å². The minimum absolute atomic E-state index is 0.0106. The van der Waals surface area contributed by atoms with Gasteiger partial charge in [-0.25, -0.2) is 9.36 Å². The van der Waals surface area contributed by atoms with E-state index < -0.39 is 64.3 Å². The van der Waals surface area contributed by atoms with Crippen LogP contribution in [0, 0.1) is 5.41 Å². The molecule has 1 aliphatic rings. The summed E-state index contributed by atoms with van der Waals surface area (Å²) in [6.45, 7) is 27.3. The Hall–Kier alpha value is -2.07. The first-order valence-electron chi connectivity index (χ1n) is 14.9. The van der Waals surface area contributed by atoms with Crippen LogP contribution in [0.4, 0.5) is 0 Å². The number of esters is 2. The number of hydrogen-bond donors (Lipinski definition) is 0. The number of ether oxygens (including phenoxy) is 3. The van der Waals surface area contributed by atoms with Crippen LogP contribution in [0.25, 0.3) is 0 Å². The lowest BCUT2D eigenvalue weighted by atomic mass is 9.98. The van der Waals surface area contributed by atoms with E-state index in [-0.39, 0.29) is 28.4 Å². The summed E-state index contributed by atoms with van der Waals surface area (Å²) in [5.74, 6) is -1.15. The third-order valence-corrected chi connectivity index (χ3v) is 17.8. The van der Waals surface area contributed by atoms with Crippen molar-refractivity contribution in [3.63, 3.8) is 0 Å². The van der Waals surface area contributed by atoms with E-state index in [0.717, 1.165) is 4.57 Å². The van der Waals surface area contributed by atoms with E-state index in [1.807, 2.05) is 0 Å². The Morgan fingerprint density at radius 1 is 0.930 bits per heavy atom. The van der Waals surface area contributed by atoms with Crippen molar-refractivity contribution in [1.82, 2.24) is 9.13 Å². The van der Waals surface area contributed by atoms with Gasteiger partial charge in [-0.15, -0.1) is 0 Å². The molecule has 0 saturated carbocycles. The molecule has 1 saturated heterocycles. The van der Waals surface area contributed by atoms with Gasteiger partial charge in [0.2, 0.25) is 0 Å². The first-order valence-corrected chi connectivity index (χ1v) is 20.7. The fraction of sp³-hybridized carbons (Fsp3) is 0.800. The molecule has 13 heteroatoms. The summed E-state index contributed by atoms with van der Waals surface area (Å²) in [5, 5.41) is -0.0720. The van der Waals surface area contributed by atoms with E-state index in [2.05, 4.69) is 67.7 Å². The Kier molecular flexibility index (Phi) is 11.3. The predicted molar refractivity (Wildman–Crippen MR) is 170 cm³/mol. The van der Waals surface area contributed by atoms with Crippen LogP contribution in [-0.4, -0.2) is 56.5 Å². The molecule has 0 aromatic carbocycles. The van der Waals surface area contributed by atoms with Crippen molar-refractivity contribution >= 4 is 28.6 Å². The zero-order chi connectivity index (χ0) is 33.3. The van der Waals surface area contributed by atoms with Crippen LogP contribution >= 0.6 is 0 Å². The number of carbonyl (C=O) groups excluding carboxylic acids is 2. The van der Waals surface area contributed by atoms with Crippen LogP contribution in [-0.2, 0) is 46.0 Å². The molecule has 43 heavy (non-hydrogen) atoms. The molecule has 2 rings (SSSR count). The van der Waals surface area contributed by atoms with Gasteiger partial charge in [0.05, 0.1) is 23.7 Å². The SMILES string of the molecule is CC(=O)OCc1cn([C@H]2C[C@H](O[Si](C)(C)C(C)(C)C)[C@@H](CO[Si](C)(C)C(C)(C)C)O2)c(=O)n(COC(=O)C(C)(C)C)c1=O. The van der Waals surface area contributed by atoms with Crippen LogP contribution in [0.1, 0.15) is 87.4 Å². The molecule has 11 nitrogen and oxygen atoms in total. The minimum Gasteiger partial charge on any atom is -0.461 e. The van der Waals surface area contributed by atoms with E-state index in [9.17, 15) is 19.2 Å². The van der Waals surface area contributed by atoms with Gasteiger partial charge >= 0.3 is 17.6 Å². The van der Waals surface area contributed by atoms with Crippen LogP contribution in [0.3, 0.4) is 0 Å². The van der Waals surface area contributed by atoms with Gasteiger partial charge in [0.1, 0.15) is 18.9 Å². The third kappa shape index (κ3) is 9.22. The largest absolute Gasteiger partial charge is 0.461 e. The molecule has 0 amide bonds. The molecule has 0 N–H and O–H groups in total.